The molecule has 1 unspecified atom stereocenters. The van der Waals surface area contributed by atoms with Gasteiger partial charge in [-0.2, -0.15) is 13.2 Å². The Labute approximate surface area is 111 Å². The SMILES string of the molecule is O=C(Nc1ccc(F)c(F)c1)C1(C(F)(F)F)CCNC1. The largest absolute Gasteiger partial charge is 0.404 e. The van der Waals surface area contributed by atoms with Gasteiger partial charge in [0.05, 0.1) is 0 Å². The van der Waals surface area contributed by atoms with E-state index in [4.69, 9.17) is 0 Å². The first-order chi connectivity index (χ1) is 9.26. The lowest BCUT2D eigenvalue weighted by molar-refractivity contribution is -0.213. The van der Waals surface area contributed by atoms with E-state index in [1.54, 1.807) is 0 Å². The summed E-state index contributed by atoms with van der Waals surface area (Å²) in [7, 11) is 0. The van der Waals surface area contributed by atoms with Gasteiger partial charge in [-0.15, -0.1) is 0 Å². The van der Waals surface area contributed by atoms with E-state index in [1.165, 1.54) is 0 Å². The van der Waals surface area contributed by atoms with Gasteiger partial charge in [0.1, 0.15) is 0 Å². The number of nitrogens with one attached hydrogen (secondary N) is 2. The fraction of sp³-hybridized carbons (Fsp3) is 0.417. The minimum absolute atomic E-state index is 0.0602. The summed E-state index contributed by atoms with van der Waals surface area (Å²) in [5, 5.41) is 4.49. The van der Waals surface area contributed by atoms with Crippen LogP contribution < -0.4 is 10.6 Å². The second kappa shape index (κ2) is 5.01. The summed E-state index contributed by atoms with van der Waals surface area (Å²) in [4.78, 5) is 11.9. The normalized spacial score (nSPS) is 22.9. The second-order valence-electron chi connectivity index (χ2n) is 4.59. The highest BCUT2D eigenvalue weighted by atomic mass is 19.4. The first-order valence-electron chi connectivity index (χ1n) is 5.80. The van der Waals surface area contributed by atoms with Gasteiger partial charge in [-0.3, -0.25) is 4.79 Å². The predicted molar refractivity (Wildman–Crippen MR) is 61.0 cm³/mol. The van der Waals surface area contributed by atoms with Crippen molar-refractivity contribution in [3.8, 4) is 0 Å². The highest BCUT2D eigenvalue weighted by molar-refractivity contribution is 5.96. The molecule has 1 atom stereocenters. The molecule has 0 spiro atoms. The smallest absolute Gasteiger partial charge is 0.325 e. The molecule has 1 fully saturated rings. The summed E-state index contributed by atoms with van der Waals surface area (Å²) < 4.78 is 64.9. The van der Waals surface area contributed by atoms with Crippen LogP contribution in [-0.2, 0) is 4.79 Å². The number of carbonyl (C=O) groups excluding carboxylic acids is 1. The Morgan fingerprint density at radius 3 is 2.45 bits per heavy atom. The molecular weight excluding hydrogens is 283 g/mol. The number of carbonyl (C=O) groups is 1. The molecule has 0 radical (unpaired) electrons. The maximum Gasteiger partial charge on any atom is 0.404 e. The summed E-state index contributed by atoms with van der Waals surface area (Å²) in [6, 6.07) is 2.38. The average Bonchev–Trinajstić information content (AvgIpc) is 2.84. The van der Waals surface area contributed by atoms with Crippen molar-refractivity contribution in [2.75, 3.05) is 18.4 Å². The Hall–Kier alpha value is -1.70. The molecule has 8 heteroatoms. The first kappa shape index (κ1) is 14.7. The molecule has 1 aliphatic rings. The maximum atomic E-state index is 13.1. The minimum Gasteiger partial charge on any atom is -0.325 e. The molecule has 20 heavy (non-hydrogen) atoms. The fourth-order valence-electron chi connectivity index (χ4n) is 2.08. The lowest BCUT2D eigenvalue weighted by Gasteiger charge is -2.29. The van der Waals surface area contributed by atoms with Crippen molar-refractivity contribution in [2.24, 2.45) is 5.41 Å². The third-order valence-corrected chi connectivity index (χ3v) is 3.31. The Morgan fingerprint density at radius 1 is 1.25 bits per heavy atom. The van der Waals surface area contributed by atoms with E-state index in [0.717, 1.165) is 12.1 Å². The summed E-state index contributed by atoms with van der Waals surface area (Å²) in [6.07, 6.45) is -5.12. The van der Waals surface area contributed by atoms with Gasteiger partial charge >= 0.3 is 6.18 Å². The molecule has 0 aromatic heterocycles. The van der Waals surface area contributed by atoms with Gasteiger partial charge in [0.15, 0.2) is 17.0 Å². The molecule has 0 aliphatic carbocycles. The average molecular weight is 294 g/mol. The summed E-state index contributed by atoms with van der Waals surface area (Å²) in [5.74, 6) is -3.66. The molecule has 1 amide bonds. The lowest BCUT2D eigenvalue weighted by Crippen LogP contribution is -2.49. The molecule has 1 aliphatic heterocycles. The molecular formula is C12H11F5N2O. The van der Waals surface area contributed by atoms with E-state index in [2.05, 4.69) is 5.32 Å². The summed E-state index contributed by atoms with van der Waals surface area (Å²) in [5.41, 5.74) is -2.76. The Bertz CT molecular complexity index is 523. The molecule has 2 N–H and O–H groups in total. The van der Waals surface area contributed by atoms with Gasteiger partial charge in [0.25, 0.3) is 0 Å². The number of alkyl halides is 3. The third-order valence-electron chi connectivity index (χ3n) is 3.31. The van der Waals surface area contributed by atoms with Crippen LogP contribution >= 0.6 is 0 Å². The number of amides is 1. The van der Waals surface area contributed by atoms with Crippen LogP contribution in [0.15, 0.2) is 18.2 Å². The van der Waals surface area contributed by atoms with Crippen LogP contribution in [0.4, 0.5) is 27.6 Å². The molecule has 1 aromatic carbocycles. The maximum absolute atomic E-state index is 13.1. The van der Waals surface area contributed by atoms with E-state index < -0.39 is 42.1 Å². The van der Waals surface area contributed by atoms with Gasteiger partial charge in [0, 0.05) is 18.3 Å². The van der Waals surface area contributed by atoms with E-state index in [9.17, 15) is 26.7 Å². The van der Waals surface area contributed by atoms with Gasteiger partial charge in [0.2, 0.25) is 5.91 Å². The van der Waals surface area contributed by atoms with Crippen molar-refractivity contribution < 1.29 is 26.7 Å². The quantitative estimate of drug-likeness (QED) is 0.823. The predicted octanol–water partition coefficient (Wildman–Crippen LogP) is 2.45. The van der Waals surface area contributed by atoms with Crippen LogP contribution in [0.1, 0.15) is 6.42 Å². The van der Waals surface area contributed by atoms with E-state index >= 15 is 0 Å². The molecule has 3 nitrogen and oxygen atoms in total. The number of anilines is 1. The first-order valence-corrected chi connectivity index (χ1v) is 5.80. The van der Waals surface area contributed by atoms with Crippen molar-refractivity contribution >= 4 is 11.6 Å². The number of benzene rings is 1. The molecule has 0 saturated carbocycles. The number of hydrogen-bond acceptors (Lipinski definition) is 2. The Kier molecular flexibility index (Phi) is 3.68. The Morgan fingerprint density at radius 2 is 1.95 bits per heavy atom. The van der Waals surface area contributed by atoms with Crippen LogP contribution in [0.2, 0.25) is 0 Å². The minimum atomic E-state index is -4.72. The fourth-order valence-corrected chi connectivity index (χ4v) is 2.08. The van der Waals surface area contributed by atoms with Gasteiger partial charge in [-0.1, -0.05) is 0 Å². The van der Waals surface area contributed by atoms with Crippen LogP contribution in [0.3, 0.4) is 0 Å². The van der Waals surface area contributed by atoms with E-state index in [-0.39, 0.29) is 12.2 Å². The number of rotatable bonds is 2. The van der Waals surface area contributed by atoms with Crippen LogP contribution in [-0.4, -0.2) is 25.2 Å². The van der Waals surface area contributed by atoms with Gasteiger partial charge < -0.3 is 10.6 Å². The Balaban J connectivity index is 2.23. The van der Waals surface area contributed by atoms with E-state index in [1.807, 2.05) is 5.32 Å². The monoisotopic (exact) mass is 294 g/mol. The summed E-state index contributed by atoms with van der Waals surface area (Å²) >= 11 is 0. The molecule has 2 rings (SSSR count). The van der Waals surface area contributed by atoms with Gasteiger partial charge in [-0.25, -0.2) is 8.78 Å². The zero-order valence-electron chi connectivity index (χ0n) is 10.2. The molecule has 1 heterocycles. The summed E-state index contributed by atoms with van der Waals surface area (Å²) in [6.45, 7) is -0.475. The van der Waals surface area contributed by atoms with E-state index in [0.29, 0.717) is 6.07 Å². The molecule has 0 bridgehead atoms. The zero-order chi connectivity index (χ0) is 15.0. The highest BCUT2D eigenvalue weighted by Gasteiger charge is 2.61. The van der Waals surface area contributed by atoms with Gasteiger partial charge in [-0.05, 0) is 25.1 Å². The van der Waals surface area contributed by atoms with Crippen molar-refractivity contribution in [3.05, 3.63) is 29.8 Å². The number of halogens is 5. The molecule has 110 valence electrons. The zero-order valence-corrected chi connectivity index (χ0v) is 10.2. The van der Waals surface area contributed by atoms with Crippen molar-refractivity contribution in [1.82, 2.24) is 5.32 Å². The highest BCUT2D eigenvalue weighted by Crippen LogP contribution is 2.43. The molecule has 1 aromatic rings. The van der Waals surface area contributed by atoms with Crippen LogP contribution in [0.5, 0.6) is 0 Å². The lowest BCUT2D eigenvalue weighted by atomic mass is 9.85. The van der Waals surface area contributed by atoms with Crippen molar-refractivity contribution in [2.45, 2.75) is 12.6 Å². The second-order valence-corrected chi connectivity index (χ2v) is 4.59. The standard InChI is InChI=1S/C12H11F5N2O/c13-8-2-1-7(5-9(8)14)19-10(20)11(12(15,16)17)3-4-18-6-11/h1-2,5,18H,3-4,6H2,(H,19,20). The van der Waals surface area contributed by atoms with Crippen LogP contribution in [0, 0.1) is 17.0 Å². The van der Waals surface area contributed by atoms with Crippen molar-refractivity contribution in [3.63, 3.8) is 0 Å². The number of hydrogen-bond donors (Lipinski definition) is 2. The van der Waals surface area contributed by atoms with Crippen molar-refractivity contribution in [1.29, 1.82) is 0 Å². The topological polar surface area (TPSA) is 41.1 Å². The van der Waals surface area contributed by atoms with Crippen LogP contribution in [0.25, 0.3) is 0 Å². The molecule has 1 saturated heterocycles. The third kappa shape index (κ3) is 2.47.